The molecule has 1 aliphatic carbocycles. The van der Waals surface area contributed by atoms with Crippen LogP contribution < -0.4 is 10.5 Å². The Kier molecular flexibility index (Phi) is 4.91. The van der Waals surface area contributed by atoms with Gasteiger partial charge in [0, 0.05) is 12.1 Å². The molecule has 1 aromatic carbocycles. The summed E-state index contributed by atoms with van der Waals surface area (Å²) in [5.74, 6) is 0.493. The van der Waals surface area contributed by atoms with Crippen molar-refractivity contribution in [2.45, 2.75) is 57.3 Å². The second-order valence-electron chi connectivity index (χ2n) is 5.26. The molecular weight excluding hydrogens is 267 g/mol. The molecule has 5 heteroatoms. The van der Waals surface area contributed by atoms with E-state index in [1.165, 1.54) is 18.9 Å². The Bertz CT molecular complexity index is 437. The Balaban J connectivity index is 2.14. The van der Waals surface area contributed by atoms with E-state index in [9.17, 15) is 13.2 Å². The molecule has 2 rings (SSSR count). The molecule has 1 aromatic rings. The van der Waals surface area contributed by atoms with E-state index in [2.05, 4.69) is 0 Å². The monoisotopic (exact) mass is 287 g/mol. The molecular formula is C15H20F3NO. The number of hydrogen-bond donors (Lipinski definition) is 1. The third-order valence-electron chi connectivity index (χ3n) is 3.70. The quantitative estimate of drug-likeness (QED) is 0.843. The lowest BCUT2D eigenvalue weighted by Gasteiger charge is -2.20. The normalized spacial score (nSPS) is 17.8. The number of alkyl halides is 3. The molecule has 0 heterocycles. The van der Waals surface area contributed by atoms with Gasteiger partial charge in [-0.3, -0.25) is 0 Å². The van der Waals surface area contributed by atoms with Crippen LogP contribution in [0.15, 0.2) is 18.2 Å². The van der Waals surface area contributed by atoms with Crippen LogP contribution in [-0.4, -0.2) is 6.10 Å². The van der Waals surface area contributed by atoms with Crippen molar-refractivity contribution in [1.29, 1.82) is 0 Å². The maximum atomic E-state index is 12.7. The van der Waals surface area contributed by atoms with Crippen LogP contribution in [0.2, 0.25) is 0 Å². The Morgan fingerprint density at radius 1 is 1.10 bits per heavy atom. The van der Waals surface area contributed by atoms with Crippen LogP contribution in [-0.2, 0) is 12.7 Å². The molecule has 1 fully saturated rings. The molecule has 0 spiro atoms. The van der Waals surface area contributed by atoms with Crippen LogP contribution in [0.3, 0.4) is 0 Å². The van der Waals surface area contributed by atoms with Crippen molar-refractivity contribution in [2.24, 2.45) is 5.73 Å². The number of rotatable bonds is 3. The van der Waals surface area contributed by atoms with Crippen LogP contribution in [0.25, 0.3) is 0 Å². The van der Waals surface area contributed by atoms with Crippen LogP contribution in [0.4, 0.5) is 13.2 Å². The maximum Gasteiger partial charge on any atom is 0.416 e. The smallest absolute Gasteiger partial charge is 0.416 e. The lowest BCUT2D eigenvalue weighted by Crippen LogP contribution is -2.17. The minimum atomic E-state index is -4.34. The summed E-state index contributed by atoms with van der Waals surface area (Å²) < 4.78 is 43.9. The van der Waals surface area contributed by atoms with E-state index in [1.807, 2.05) is 0 Å². The molecule has 0 atom stereocenters. The average molecular weight is 287 g/mol. The first-order valence-corrected chi connectivity index (χ1v) is 7.07. The number of halogens is 3. The predicted octanol–water partition coefficient (Wildman–Crippen LogP) is 4.27. The number of hydrogen-bond acceptors (Lipinski definition) is 2. The van der Waals surface area contributed by atoms with Crippen molar-refractivity contribution in [1.82, 2.24) is 0 Å². The van der Waals surface area contributed by atoms with Gasteiger partial charge in [-0.2, -0.15) is 13.2 Å². The largest absolute Gasteiger partial charge is 0.490 e. The molecule has 1 saturated carbocycles. The van der Waals surface area contributed by atoms with Crippen LogP contribution in [0.5, 0.6) is 5.75 Å². The van der Waals surface area contributed by atoms with Gasteiger partial charge in [-0.1, -0.05) is 12.8 Å². The standard InChI is InChI=1S/C15H20F3NO/c16-15(17,18)12-7-8-14(11(9-12)10-19)20-13-5-3-1-2-4-6-13/h7-9,13H,1-6,10,19H2. The van der Waals surface area contributed by atoms with E-state index in [1.54, 1.807) is 0 Å². The van der Waals surface area contributed by atoms with Gasteiger partial charge in [0.05, 0.1) is 11.7 Å². The molecule has 0 saturated heterocycles. The SMILES string of the molecule is NCc1cc(C(F)(F)F)ccc1OC1CCCCCC1. The second-order valence-corrected chi connectivity index (χ2v) is 5.26. The summed E-state index contributed by atoms with van der Waals surface area (Å²) in [6.45, 7) is 0.0476. The molecule has 0 bridgehead atoms. The van der Waals surface area contributed by atoms with Gasteiger partial charge >= 0.3 is 6.18 Å². The first-order valence-electron chi connectivity index (χ1n) is 7.07. The second kappa shape index (κ2) is 6.48. The van der Waals surface area contributed by atoms with Gasteiger partial charge in [-0.25, -0.2) is 0 Å². The fourth-order valence-corrected chi connectivity index (χ4v) is 2.57. The van der Waals surface area contributed by atoms with Crippen molar-refractivity contribution in [3.8, 4) is 5.75 Å². The van der Waals surface area contributed by atoms with Crippen molar-refractivity contribution in [2.75, 3.05) is 0 Å². The lowest BCUT2D eigenvalue weighted by atomic mass is 10.1. The molecule has 20 heavy (non-hydrogen) atoms. The predicted molar refractivity (Wildman–Crippen MR) is 71.5 cm³/mol. The van der Waals surface area contributed by atoms with Gasteiger partial charge in [0.25, 0.3) is 0 Å². The highest BCUT2D eigenvalue weighted by molar-refractivity contribution is 5.38. The summed E-state index contributed by atoms with van der Waals surface area (Å²) in [4.78, 5) is 0. The first kappa shape index (κ1) is 15.2. The van der Waals surface area contributed by atoms with Crippen molar-refractivity contribution >= 4 is 0 Å². The van der Waals surface area contributed by atoms with Crippen molar-refractivity contribution < 1.29 is 17.9 Å². The zero-order valence-electron chi connectivity index (χ0n) is 11.4. The Morgan fingerprint density at radius 3 is 2.30 bits per heavy atom. The molecule has 0 unspecified atom stereocenters. The van der Waals surface area contributed by atoms with E-state index in [0.29, 0.717) is 11.3 Å². The number of benzene rings is 1. The minimum Gasteiger partial charge on any atom is -0.490 e. The van der Waals surface area contributed by atoms with Gasteiger partial charge in [-0.15, -0.1) is 0 Å². The van der Waals surface area contributed by atoms with Gasteiger partial charge in [0.2, 0.25) is 0 Å². The summed E-state index contributed by atoms with van der Waals surface area (Å²) in [6, 6.07) is 3.55. The fraction of sp³-hybridized carbons (Fsp3) is 0.600. The molecule has 0 aliphatic heterocycles. The third kappa shape index (κ3) is 3.88. The van der Waals surface area contributed by atoms with Crippen LogP contribution >= 0.6 is 0 Å². The minimum absolute atomic E-state index is 0.0476. The van der Waals surface area contributed by atoms with E-state index in [0.717, 1.165) is 37.8 Å². The Hall–Kier alpha value is -1.23. The van der Waals surface area contributed by atoms with Gasteiger partial charge in [0.1, 0.15) is 5.75 Å². The number of nitrogens with two attached hydrogens (primary N) is 1. The van der Waals surface area contributed by atoms with E-state index in [4.69, 9.17) is 10.5 Å². The summed E-state index contributed by atoms with van der Waals surface area (Å²) in [5, 5.41) is 0. The lowest BCUT2D eigenvalue weighted by molar-refractivity contribution is -0.137. The summed E-state index contributed by atoms with van der Waals surface area (Å²) in [7, 11) is 0. The van der Waals surface area contributed by atoms with Crippen molar-refractivity contribution in [3.63, 3.8) is 0 Å². The van der Waals surface area contributed by atoms with Crippen LogP contribution in [0.1, 0.15) is 49.7 Å². The first-order chi connectivity index (χ1) is 9.50. The molecule has 2 nitrogen and oxygen atoms in total. The topological polar surface area (TPSA) is 35.2 Å². The van der Waals surface area contributed by atoms with Gasteiger partial charge < -0.3 is 10.5 Å². The maximum absolute atomic E-state index is 12.7. The highest BCUT2D eigenvalue weighted by Crippen LogP contribution is 2.33. The fourth-order valence-electron chi connectivity index (χ4n) is 2.57. The summed E-state index contributed by atoms with van der Waals surface area (Å²) in [5.41, 5.74) is 5.30. The zero-order chi connectivity index (χ0) is 14.6. The molecule has 112 valence electrons. The van der Waals surface area contributed by atoms with Crippen LogP contribution in [0, 0.1) is 0 Å². The van der Waals surface area contributed by atoms with E-state index in [-0.39, 0.29) is 12.6 Å². The summed E-state index contributed by atoms with van der Waals surface area (Å²) in [6.07, 6.45) is 2.32. The van der Waals surface area contributed by atoms with Gasteiger partial charge in [-0.05, 0) is 43.9 Å². The molecule has 2 N–H and O–H groups in total. The average Bonchev–Trinajstić information content (AvgIpc) is 2.66. The third-order valence-corrected chi connectivity index (χ3v) is 3.70. The Labute approximate surface area is 117 Å². The summed E-state index contributed by atoms with van der Waals surface area (Å²) >= 11 is 0. The molecule has 0 amide bonds. The molecule has 1 aliphatic rings. The van der Waals surface area contributed by atoms with E-state index < -0.39 is 11.7 Å². The molecule has 0 radical (unpaired) electrons. The highest BCUT2D eigenvalue weighted by Gasteiger charge is 2.31. The number of ether oxygens (including phenoxy) is 1. The van der Waals surface area contributed by atoms with E-state index >= 15 is 0 Å². The van der Waals surface area contributed by atoms with Gasteiger partial charge in [0.15, 0.2) is 0 Å². The highest BCUT2D eigenvalue weighted by atomic mass is 19.4. The van der Waals surface area contributed by atoms with Crippen molar-refractivity contribution in [3.05, 3.63) is 29.3 Å². The Morgan fingerprint density at radius 2 is 1.75 bits per heavy atom. The molecule has 0 aromatic heterocycles. The zero-order valence-corrected chi connectivity index (χ0v) is 11.4.